The van der Waals surface area contributed by atoms with Crippen molar-refractivity contribution in [3.05, 3.63) is 6.10 Å². The Kier molecular flexibility index (Phi) is 6.02. The zero-order valence-electron chi connectivity index (χ0n) is 6.34. The summed E-state index contributed by atoms with van der Waals surface area (Å²) in [6.07, 6.45) is 0.689. The van der Waals surface area contributed by atoms with Crippen LogP contribution in [-0.2, 0) is 4.74 Å². The third kappa shape index (κ3) is 6.29. The van der Waals surface area contributed by atoms with Gasteiger partial charge >= 0.3 is 5.30 Å². The van der Waals surface area contributed by atoms with E-state index in [1.54, 1.807) is 13.8 Å². The molecule has 4 heteroatoms. The fourth-order valence-electron chi connectivity index (χ4n) is 0.291. The molecule has 2 nitrogen and oxygen atoms in total. The van der Waals surface area contributed by atoms with Crippen molar-refractivity contribution >= 4 is 26.9 Å². The summed E-state index contributed by atoms with van der Waals surface area (Å²) >= 11 is 0. The lowest BCUT2D eigenvalue weighted by molar-refractivity contribution is 0.185. The van der Waals surface area contributed by atoms with Crippen LogP contribution in [0.3, 0.4) is 0 Å². The molecule has 0 aromatic heterocycles. The van der Waals surface area contributed by atoms with Crippen molar-refractivity contribution in [1.82, 2.24) is 0 Å². The summed E-state index contributed by atoms with van der Waals surface area (Å²) in [5, 5.41) is -0.230. The average Bonchev–Trinajstić information content (AvgIpc) is 1.82. The summed E-state index contributed by atoms with van der Waals surface area (Å²) < 4.78 is 4.77. The Bertz CT molecular complexity index is 104. The molecule has 0 heterocycles. The van der Waals surface area contributed by atoms with Crippen LogP contribution in [0.5, 0.6) is 0 Å². The molecule has 0 atom stereocenters. The second-order valence-corrected chi connectivity index (χ2v) is 4.27. The third-order valence-corrected chi connectivity index (χ3v) is 2.57. The van der Waals surface area contributed by atoms with E-state index in [2.05, 4.69) is 0 Å². The van der Waals surface area contributed by atoms with E-state index in [1.165, 1.54) is 10.8 Å². The smallest absolute Gasteiger partial charge is 0.378 e. The van der Waals surface area contributed by atoms with Crippen LogP contribution in [0.4, 0.5) is 4.79 Å². The summed E-state index contributed by atoms with van der Waals surface area (Å²) in [4.78, 5) is 10.7. The largest absolute Gasteiger partial charge is 0.447 e. The quantitative estimate of drug-likeness (QED) is 0.491. The Morgan fingerprint density at radius 2 is 2.10 bits per heavy atom. The number of ether oxygens (including phenoxy) is 1. The van der Waals surface area contributed by atoms with Gasteiger partial charge in [-0.2, -0.15) is 0 Å². The van der Waals surface area contributed by atoms with Gasteiger partial charge in [-0.25, -0.2) is 4.79 Å². The van der Waals surface area contributed by atoms with Crippen LogP contribution >= 0.6 is 21.6 Å². The summed E-state index contributed by atoms with van der Waals surface area (Å²) in [6.45, 7) is 5.51. The predicted molar refractivity (Wildman–Crippen MR) is 46.8 cm³/mol. The molecule has 0 spiro atoms. The van der Waals surface area contributed by atoms with Crippen molar-refractivity contribution in [2.75, 3.05) is 5.75 Å². The molecule has 0 aromatic carbocycles. The van der Waals surface area contributed by atoms with Crippen LogP contribution in [0.25, 0.3) is 0 Å². The zero-order chi connectivity index (χ0) is 7.98. The molecule has 0 fully saturated rings. The van der Waals surface area contributed by atoms with E-state index in [1.807, 2.05) is 6.92 Å². The summed E-state index contributed by atoms with van der Waals surface area (Å²) in [5.41, 5.74) is 0. The minimum absolute atomic E-state index is 0.230. The highest BCUT2D eigenvalue weighted by Gasteiger charge is 2.05. The van der Waals surface area contributed by atoms with E-state index >= 15 is 0 Å². The first kappa shape index (κ1) is 10.2. The number of rotatable bonds is 3. The van der Waals surface area contributed by atoms with Crippen LogP contribution in [-0.4, -0.2) is 11.1 Å². The summed E-state index contributed by atoms with van der Waals surface area (Å²) in [5.74, 6) is 0.919. The van der Waals surface area contributed by atoms with Crippen LogP contribution in [0.15, 0.2) is 0 Å². The Balaban J connectivity index is 3.26. The highest BCUT2D eigenvalue weighted by Crippen LogP contribution is 2.24. The fraction of sp³-hybridized carbons (Fsp3) is 0.667. The molecule has 0 N–H and O–H groups in total. The Morgan fingerprint density at radius 1 is 1.50 bits per heavy atom. The van der Waals surface area contributed by atoms with Crippen LogP contribution in [0.2, 0.25) is 0 Å². The SMILES string of the molecule is CCSSC(=O)O[C](C)C. The van der Waals surface area contributed by atoms with Crippen LogP contribution < -0.4 is 0 Å². The summed E-state index contributed by atoms with van der Waals surface area (Å²) in [7, 11) is 2.63. The molecular formula is C6H11O2S2. The van der Waals surface area contributed by atoms with Gasteiger partial charge < -0.3 is 4.74 Å². The standard InChI is InChI=1S/C6H11O2S2/c1-4-9-10-6(7)8-5(2)3/h4H2,1-3H3. The predicted octanol–water partition coefficient (Wildman–Crippen LogP) is 3.10. The van der Waals surface area contributed by atoms with Gasteiger partial charge in [0.05, 0.1) is 0 Å². The van der Waals surface area contributed by atoms with E-state index in [0.717, 1.165) is 16.5 Å². The van der Waals surface area contributed by atoms with E-state index in [4.69, 9.17) is 4.74 Å². The van der Waals surface area contributed by atoms with Crippen LogP contribution in [0, 0.1) is 6.10 Å². The molecule has 1 radical (unpaired) electrons. The van der Waals surface area contributed by atoms with Gasteiger partial charge in [-0.3, -0.25) is 0 Å². The molecule has 0 bridgehead atoms. The Hall–Kier alpha value is 0.170. The highest BCUT2D eigenvalue weighted by molar-refractivity contribution is 8.82. The number of hydrogen-bond donors (Lipinski definition) is 0. The molecule has 0 aromatic rings. The molecule has 0 rings (SSSR count). The zero-order valence-corrected chi connectivity index (χ0v) is 7.97. The van der Waals surface area contributed by atoms with Crippen molar-refractivity contribution in [1.29, 1.82) is 0 Å². The molecule has 0 aliphatic heterocycles. The van der Waals surface area contributed by atoms with Crippen molar-refractivity contribution in [2.24, 2.45) is 0 Å². The molecule has 0 aliphatic rings. The van der Waals surface area contributed by atoms with Gasteiger partial charge in [0.25, 0.3) is 0 Å². The molecular weight excluding hydrogens is 168 g/mol. The van der Waals surface area contributed by atoms with Gasteiger partial charge in [-0.05, 0) is 13.8 Å². The molecule has 0 aliphatic carbocycles. The average molecular weight is 179 g/mol. The van der Waals surface area contributed by atoms with Gasteiger partial charge in [0.1, 0.15) is 6.10 Å². The van der Waals surface area contributed by atoms with Crippen molar-refractivity contribution in [2.45, 2.75) is 20.8 Å². The maximum atomic E-state index is 10.7. The first-order valence-corrected chi connectivity index (χ1v) is 5.30. The van der Waals surface area contributed by atoms with Gasteiger partial charge in [-0.1, -0.05) is 17.7 Å². The monoisotopic (exact) mass is 179 g/mol. The first-order chi connectivity index (χ1) is 4.66. The van der Waals surface area contributed by atoms with E-state index < -0.39 is 0 Å². The van der Waals surface area contributed by atoms with Crippen LogP contribution in [0.1, 0.15) is 20.8 Å². The Morgan fingerprint density at radius 3 is 2.50 bits per heavy atom. The molecule has 0 amide bonds. The number of carbonyl (C=O) groups excluding carboxylic acids is 1. The second-order valence-electron chi connectivity index (χ2n) is 1.75. The van der Waals surface area contributed by atoms with Crippen molar-refractivity contribution < 1.29 is 9.53 Å². The van der Waals surface area contributed by atoms with Crippen molar-refractivity contribution in [3.8, 4) is 0 Å². The highest BCUT2D eigenvalue weighted by atomic mass is 33.1. The van der Waals surface area contributed by atoms with Gasteiger partial charge in [0, 0.05) is 16.5 Å². The lowest BCUT2D eigenvalue weighted by Gasteiger charge is -2.03. The molecule has 10 heavy (non-hydrogen) atoms. The lowest BCUT2D eigenvalue weighted by Crippen LogP contribution is -1.97. The minimum Gasteiger partial charge on any atom is -0.447 e. The molecule has 0 unspecified atom stereocenters. The van der Waals surface area contributed by atoms with Gasteiger partial charge in [0.2, 0.25) is 0 Å². The van der Waals surface area contributed by atoms with E-state index in [9.17, 15) is 4.79 Å². The Labute approximate surface area is 69.5 Å². The molecule has 59 valence electrons. The minimum atomic E-state index is -0.230. The lowest BCUT2D eigenvalue weighted by atomic mass is 10.5. The van der Waals surface area contributed by atoms with E-state index in [0.29, 0.717) is 6.10 Å². The normalized spacial score (nSPS) is 10.0. The first-order valence-electron chi connectivity index (χ1n) is 2.98. The topological polar surface area (TPSA) is 26.3 Å². The molecule has 0 saturated carbocycles. The maximum Gasteiger partial charge on any atom is 0.378 e. The number of carbonyl (C=O) groups is 1. The summed E-state index contributed by atoms with van der Waals surface area (Å²) in [6, 6.07) is 0. The van der Waals surface area contributed by atoms with Gasteiger partial charge in [0.15, 0.2) is 0 Å². The van der Waals surface area contributed by atoms with Gasteiger partial charge in [-0.15, -0.1) is 0 Å². The number of hydrogen-bond acceptors (Lipinski definition) is 4. The fourth-order valence-corrected chi connectivity index (χ4v) is 1.45. The van der Waals surface area contributed by atoms with E-state index in [-0.39, 0.29) is 5.30 Å². The third-order valence-electron chi connectivity index (χ3n) is 0.532. The second kappa shape index (κ2) is 5.92. The maximum absolute atomic E-state index is 10.7. The molecule has 0 saturated heterocycles. The van der Waals surface area contributed by atoms with Crippen molar-refractivity contribution in [3.63, 3.8) is 0 Å².